The first kappa shape index (κ1) is 17.1. The first-order valence-electron chi connectivity index (χ1n) is 7.51. The molecule has 0 fully saturated rings. The van der Waals surface area contributed by atoms with Gasteiger partial charge in [0.05, 0.1) is 10.9 Å². The Morgan fingerprint density at radius 2 is 1.88 bits per heavy atom. The molecule has 25 heavy (non-hydrogen) atoms. The number of hydrogen-bond acceptors (Lipinski definition) is 4. The van der Waals surface area contributed by atoms with Gasteiger partial charge in [-0.3, -0.25) is 0 Å². The summed E-state index contributed by atoms with van der Waals surface area (Å²) in [6.45, 7) is 2.20. The van der Waals surface area contributed by atoms with Crippen molar-refractivity contribution in [1.82, 2.24) is 15.0 Å². The molecule has 2 aromatic heterocycles. The second-order valence-electron chi connectivity index (χ2n) is 5.59. The highest BCUT2D eigenvalue weighted by Crippen LogP contribution is 2.30. The van der Waals surface area contributed by atoms with Crippen molar-refractivity contribution in [1.29, 1.82) is 0 Å². The molecule has 3 rings (SSSR count). The zero-order chi connectivity index (χ0) is 18.0. The molecule has 2 heterocycles. The van der Waals surface area contributed by atoms with Gasteiger partial charge in [-0.05, 0) is 42.7 Å². The summed E-state index contributed by atoms with van der Waals surface area (Å²) in [6.07, 6.45) is -1.28. The lowest BCUT2D eigenvalue weighted by molar-refractivity contribution is -0.137. The monoisotopic (exact) mass is 350 g/mol. The molecule has 0 saturated heterocycles. The third-order valence-electron chi connectivity index (χ3n) is 3.69. The van der Waals surface area contributed by atoms with Crippen molar-refractivity contribution in [3.63, 3.8) is 0 Å². The lowest BCUT2D eigenvalue weighted by atomic mass is 10.1. The van der Waals surface area contributed by atoms with Crippen LogP contribution in [-0.4, -0.2) is 21.5 Å². The summed E-state index contributed by atoms with van der Waals surface area (Å²) in [4.78, 5) is 12.4. The van der Waals surface area contributed by atoms with E-state index in [4.69, 9.17) is 0 Å². The van der Waals surface area contributed by atoms with Crippen LogP contribution in [0, 0.1) is 12.7 Å². The van der Waals surface area contributed by atoms with Crippen LogP contribution in [0.15, 0.2) is 36.8 Å². The van der Waals surface area contributed by atoms with Gasteiger partial charge in [-0.25, -0.2) is 19.3 Å². The van der Waals surface area contributed by atoms with Crippen LogP contribution in [0.1, 0.15) is 16.7 Å². The van der Waals surface area contributed by atoms with Crippen LogP contribution in [0.4, 0.5) is 23.4 Å². The Balaban J connectivity index is 1.72. The number of halogens is 4. The number of anilines is 1. The van der Waals surface area contributed by atoms with Crippen LogP contribution in [-0.2, 0) is 12.6 Å². The molecule has 0 bridgehead atoms. The van der Waals surface area contributed by atoms with Crippen molar-refractivity contribution in [3.05, 3.63) is 59.3 Å². The zero-order valence-corrected chi connectivity index (χ0v) is 13.2. The lowest BCUT2D eigenvalue weighted by Crippen LogP contribution is -2.10. The maximum atomic E-state index is 13.8. The number of aryl methyl sites for hydroxylation is 1. The number of benzene rings is 1. The van der Waals surface area contributed by atoms with E-state index in [0.29, 0.717) is 24.1 Å². The minimum Gasteiger partial charge on any atom is -0.369 e. The third-order valence-corrected chi connectivity index (χ3v) is 3.69. The summed E-state index contributed by atoms with van der Waals surface area (Å²) < 4.78 is 51.5. The summed E-state index contributed by atoms with van der Waals surface area (Å²) in [5, 5.41) is 3.79. The summed E-state index contributed by atoms with van der Waals surface area (Å²) in [7, 11) is 0. The van der Waals surface area contributed by atoms with E-state index in [0.717, 1.165) is 23.1 Å². The minimum atomic E-state index is -4.55. The average Bonchev–Trinajstić information content (AvgIpc) is 2.55. The molecular formula is C17H14F4N4. The predicted molar refractivity (Wildman–Crippen MR) is 85.7 cm³/mol. The number of rotatable bonds is 4. The molecule has 130 valence electrons. The van der Waals surface area contributed by atoms with Crippen molar-refractivity contribution in [2.24, 2.45) is 0 Å². The Bertz CT molecular complexity index is 909. The van der Waals surface area contributed by atoms with Crippen LogP contribution in [0.5, 0.6) is 0 Å². The number of nitrogens with one attached hydrogen (secondary N) is 1. The van der Waals surface area contributed by atoms with Gasteiger partial charge < -0.3 is 5.32 Å². The van der Waals surface area contributed by atoms with Crippen molar-refractivity contribution in [2.75, 3.05) is 11.9 Å². The molecule has 0 saturated carbocycles. The number of hydrogen-bond donors (Lipinski definition) is 1. The highest BCUT2D eigenvalue weighted by Gasteiger charge is 2.31. The van der Waals surface area contributed by atoms with Gasteiger partial charge in [0.2, 0.25) is 0 Å². The molecular weight excluding hydrogens is 336 g/mol. The van der Waals surface area contributed by atoms with Gasteiger partial charge in [0.25, 0.3) is 0 Å². The van der Waals surface area contributed by atoms with Crippen molar-refractivity contribution in [2.45, 2.75) is 19.5 Å². The minimum absolute atomic E-state index is 0.202. The zero-order valence-electron chi connectivity index (χ0n) is 13.2. The topological polar surface area (TPSA) is 50.7 Å². The van der Waals surface area contributed by atoms with Gasteiger partial charge in [0.1, 0.15) is 18.0 Å². The molecule has 1 N–H and O–H groups in total. The van der Waals surface area contributed by atoms with Crippen LogP contribution in [0.3, 0.4) is 0 Å². The third kappa shape index (κ3) is 3.84. The molecule has 0 aliphatic carbocycles. The molecule has 0 amide bonds. The molecule has 8 heteroatoms. The SMILES string of the molecule is Cc1cnc2ncnc(NCCc3ccc(C(F)(F)F)cc3F)c2c1. The number of pyridine rings is 1. The van der Waals surface area contributed by atoms with Gasteiger partial charge in [-0.1, -0.05) is 6.07 Å². The van der Waals surface area contributed by atoms with E-state index in [1.807, 2.05) is 13.0 Å². The van der Waals surface area contributed by atoms with Crippen LogP contribution >= 0.6 is 0 Å². The van der Waals surface area contributed by atoms with Crippen LogP contribution in [0.25, 0.3) is 11.0 Å². The van der Waals surface area contributed by atoms with E-state index in [9.17, 15) is 17.6 Å². The Hall–Kier alpha value is -2.77. The summed E-state index contributed by atoms with van der Waals surface area (Å²) >= 11 is 0. The van der Waals surface area contributed by atoms with Crippen LogP contribution < -0.4 is 5.32 Å². The van der Waals surface area contributed by atoms with Gasteiger partial charge in [-0.15, -0.1) is 0 Å². The van der Waals surface area contributed by atoms with Gasteiger partial charge in [-0.2, -0.15) is 13.2 Å². The summed E-state index contributed by atoms with van der Waals surface area (Å²) in [5.74, 6) is -0.324. The van der Waals surface area contributed by atoms with E-state index in [2.05, 4.69) is 20.3 Å². The fraction of sp³-hybridized carbons (Fsp3) is 0.235. The molecule has 0 radical (unpaired) electrons. The average molecular weight is 350 g/mol. The number of aromatic nitrogens is 3. The highest BCUT2D eigenvalue weighted by atomic mass is 19.4. The fourth-order valence-electron chi connectivity index (χ4n) is 2.43. The van der Waals surface area contributed by atoms with E-state index in [1.54, 1.807) is 6.20 Å². The smallest absolute Gasteiger partial charge is 0.369 e. The van der Waals surface area contributed by atoms with Gasteiger partial charge in [0, 0.05) is 12.7 Å². The second-order valence-corrected chi connectivity index (χ2v) is 5.59. The number of nitrogens with zero attached hydrogens (tertiary/aromatic N) is 3. The Labute approximate surface area is 141 Å². The first-order chi connectivity index (χ1) is 11.8. The quantitative estimate of drug-likeness (QED) is 0.719. The van der Waals surface area contributed by atoms with Crippen LogP contribution in [0.2, 0.25) is 0 Å². The summed E-state index contributed by atoms with van der Waals surface area (Å²) in [6, 6.07) is 4.43. The standard InChI is InChI=1S/C17H14F4N4/c1-10-6-13-15(24-9-25-16(13)23-8-10)22-5-4-11-2-3-12(7-14(11)18)17(19,20)21/h2-3,6-9H,4-5H2,1H3,(H,22,23,24,25). The Morgan fingerprint density at radius 1 is 1.08 bits per heavy atom. The second kappa shape index (κ2) is 6.62. The van der Waals surface area contributed by atoms with E-state index >= 15 is 0 Å². The van der Waals surface area contributed by atoms with Gasteiger partial charge >= 0.3 is 6.18 Å². The molecule has 0 unspecified atom stereocenters. The Kier molecular flexibility index (Phi) is 4.52. The maximum absolute atomic E-state index is 13.8. The largest absolute Gasteiger partial charge is 0.416 e. The lowest BCUT2D eigenvalue weighted by Gasteiger charge is -2.11. The highest BCUT2D eigenvalue weighted by molar-refractivity contribution is 5.86. The summed E-state index contributed by atoms with van der Waals surface area (Å²) in [5.41, 5.74) is 0.682. The molecule has 4 nitrogen and oxygen atoms in total. The van der Waals surface area contributed by atoms with E-state index < -0.39 is 17.6 Å². The normalized spacial score (nSPS) is 11.7. The van der Waals surface area contributed by atoms with Crippen molar-refractivity contribution in [3.8, 4) is 0 Å². The number of fused-ring (bicyclic) bond motifs is 1. The molecule has 0 spiro atoms. The maximum Gasteiger partial charge on any atom is 0.416 e. The molecule has 0 aliphatic heterocycles. The first-order valence-corrected chi connectivity index (χ1v) is 7.51. The van der Waals surface area contributed by atoms with E-state index in [-0.39, 0.29) is 12.0 Å². The fourth-order valence-corrected chi connectivity index (χ4v) is 2.43. The molecule has 0 aliphatic rings. The van der Waals surface area contributed by atoms with Crippen molar-refractivity contribution < 1.29 is 17.6 Å². The number of alkyl halides is 3. The molecule has 1 aromatic carbocycles. The van der Waals surface area contributed by atoms with Gasteiger partial charge in [0.15, 0.2) is 5.65 Å². The Morgan fingerprint density at radius 3 is 2.60 bits per heavy atom. The van der Waals surface area contributed by atoms with E-state index in [1.165, 1.54) is 6.33 Å². The van der Waals surface area contributed by atoms with Crippen molar-refractivity contribution >= 4 is 16.9 Å². The predicted octanol–water partition coefficient (Wildman–Crippen LogP) is 4.15. The molecule has 0 atom stereocenters. The molecule has 3 aromatic rings.